The molecule has 2 aromatic carbocycles. The van der Waals surface area contributed by atoms with Gasteiger partial charge in [-0.25, -0.2) is 9.37 Å². The third kappa shape index (κ3) is 3.77. The van der Waals surface area contributed by atoms with Gasteiger partial charge < -0.3 is 4.90 Å². The van der Waals surface area contributed by atoms with E-state index in [2.05, 4.69) is 14.9 Å². The number of benzene rings is 2. The molecule has 1 aliphatic rings. The van der Waals surface area contributed by atoms with Crippen molar-refractivity contribution in [2.24, 2.45) is 0 Å². The SMILES string of the molecule is O=C(c1cnc2ccccc2n1)N1CCN(Cc2c(F)cccc2Cl)CC1. The van der Waals surface area contributed by atoms with Crippen molar-refractivity contribution in [3.63, 3.8) is 0 Å². The predicted molar refractivity (Wildman–Crippen MR) is 102 cm³/mol. The number of hydrogen-bond donors (Lipinski definition) is 0. The Kier molecular flexibility index (Phi) is 5.01. The van der Waals surface area contributed by atoms with Gasteiger partial charge in [-0.2, -0.15) is 0 Å². The molecule has 0 spiro atoms. The molecule has 0 atom stereocenters. The fourth-order valence-electron chi connectivity index (χ4n) is 3.24. The summed E-state index contributed by atoms with van der Waals surface area (Å²) in [4.78, 5) is 25.3. The van der Waals surface area contributed by atoms with Gasteiger partial charge >= 0.3 is 0 Å². The van der Waals surface area contributed by atoms with Gasteiger partial charge in [0.15, 0.2) is 0 Å². The molecule has 0 radical (unpaired) electrons. The van der Waals surface area contributed by atoms with E-state index in [-0.39, 0.29) is 11.7 Å². The fourth-order valence-corrected chi connectivity index (χ4v) is 3.46. The van der Waals surface area contributed by atoms with Crippen molar-refractivity contribution >= 4 is 28.5 Å². The first-order valence-corrected chi connectivity index (χ1v) is 9.16. The number of piperazine rings is 1. The van der Waals surface area contributed by atoms with E-state index in [1.807, 2.05) is 24.3 Å². The Morgan fingerprint density at radius 1 is 1.04 bits per heavy atom. The summed E-state index contributed by atoms with van der Waals surface area (Å²) in [6.45, 7) is 2.84. The minimum absolute atomic E-state index is 0.128. The van der Waals surface area contributed by atoms with Crippen molar-refractivity contribution < 1.29 is 9.18 Å². The predicted octanol–water partition coefficient (Wildman–Crippen LogP) is 3.38. The van der Waals surface area contributed by atoms with Gasteiger partial charge in [-0.1, -0.05) is 29.8 Å². The van der Waals surface area contributed by atoms with Crippen LogP contribution in [0.25, 0.3) is 11.0 Å². The lowest BCUT2D eigenvalue weighted by molar-refractivity contribution is 0.0621. The lowest BCUT2D eigenvalue weighted by atomic mass is 10.1. The summed E-state index contributed by atoms with van der Waals surface area (Å²) in [5.74, 6) is -0.427. The zero-order valence-corrected chi connectivity index (χ0v) is 15.4. The maximum absolute atomic E-state index is 14.0. The minimum atomic E-state index is -0.299. The molecule has 0 saturated carbocycles. The third-order valence-corrected chi connectivity index (χ3v) is 5.12. The first kappa shape index (κ1) is 17.8. The second-order valence-electron chi connectivity index (χ2n) is 6.51. The molecule has 1 aliphatic heterocycles. The Bertz CT molecular complexity index is 968. The molecule has 1 fully saturated rings. The number of fused-ring (bicyclic) bond motifs is 1. The van der Waals surface area contributed by atoms with E-state index in [1.165, 1.54) is 12.3 Å². The van der Waals surface area contributed by atoms with Gasteiger partial charge in [0.05, 0.1) is 17.2 Å². The molecule has 5 nitrogen and oxygen atoms in total. The number of para-hydroxylation sites is 2. The summed E-state index contributed by atoms with van der Waals surface area (Å²) in [6.07, 6.45) is 1.52. The quantitative estimate of drug-likeness (QED) is 0.694. The molecule has 7 heteroatoms. The molecule has 0 aliphatic carbocycles. The van der Waals surface area contributed by atoms with E-state index in [4.69, 9.17) is 11.6 Å². The molecule has 1 amide bonds. The molecule has 2 heterocycles. The highest BCUT2D eigenvalue weighted by molar-refractivity contribution is 6.31. The number of hydrogen-bond acceptors (Lipinski definition) is 4. The van der Waals surface area contributed by atoms with E-state index in [9.17, 15) is 9.18 Å². The Morgan fingerprint density at radius 2 is 1.78 bits per heavy atom. The summed E-state index contributed by atoms with van der Waals surface area (Å²) in [5.41, 5.74) is 2.32. The average molecular weight is 385 g/mol. The van der Waals surface area contributed by atoms with Crippen LogP contribution in [0, 0.1) is 5.82 Å². The summed E-state index contributed by atoms with van der Waals surface area (Å²) >= 11 is 6.11. The largest absolute Gasteiger partial charge is 0.335 e. The van der Waals surface area contributed by atoms with Crippen molar-refractivity contribution in [1.29, 1.82) is 0 Å². The number of carbonyl (C=O) groups is 1. The molecule has 4 rings (SSSR count). The molecule has 0 unspecified atom stereocenters. The van der Waals surface area contributed by atoms with Crippen LogP contribution >= 0.6 is 11.6 Å². The van der Waals surface area contributed by atoms with Crippen LogP contribution in [-0.2, 0) is 6.54 Å². The molecular formula is C20H18ClFN4O. The molecule has 27 heavy (non-hydrogen) atoms. The van der Waals surface area contributed by atoms with Gasteiger partial charge in [0.2, 0.25) is 0 Å². The van der Waals surface area contributed by atoms with Crippen LogP contribution in [0.5, 0.6) is 0 Å². The Hall–Kier alpha value is -2.57. The molecule has 0 bridgehead atoms. The highest BCUT2D eigenvalue weighted by Gasteiger charge is 2.24. The highest BCUT2D eigenvalue weighted by Crippen LogP contribution is 2.21. The van der Waals surface area contributed by atoms with Crippen molar-refractivity contribution in [2.75, 3.05) is 26.2 Å². The zero-order chi connectivity index (χ0) is 18.8. The maximum atomic E-state index is 14.0. The number of rotatable bonds is 3. The fraction of sp³-hybridized carbons (Fsp3) is 0.250. The minimum Gasteiger partial charge on any atom is -0.335 e. The van der Waals surface area contributed by atoms with Gasteiger partial charge in [0, 0.05) is 43.3 Å². The first-order chi connectivity index (χ1) is 13.1. The van der Waals surface area contributed by atoms with Gasteiger partial charge in [-0.15, -0.1) is 0 Å². The number of carbonyl (C=O) groups excluding carboxylic acids is 1. The third-order valence-electron chi connectivity index (χ3n) is 4.77. The summed E-state index contributed by atoms with van der Waals surface area (Å²) in [5, 5.41) is 0.431. The number of amides is 1. The summed E-state index contributed by atoms with van der Waals surface area (Å²) < 4.78 is 14.0. The lowest BCUT2D eigenvalue weighted by Crippen LogP contribution is -2.48. The smallest absolute Gasteiger partial charge is 0.274 e. The van der Waals surface area contributed by atoms with Gasteiger partial charge in [0.25, 0.3) is 5.91 Å². The van der Waals surface area contributed by atoms with Crippen LogP contribution in [0.3, 0.4) is 0 Å². The monoisotopic (exact) mass is 384 g/mol. The standard InChI is InChI=1S/C20H18ClFN4O/c21-15-4-3-5-16(22)14(15)13-25-8-10-26(11-9-25)20(27)19-12-23-17-6-1-2-7-18(17)24-19/h1-7,12H,8-11,13H2. The summed E-state index contributed by atoms with van der Waals surface area (Å²) in [6, 6.07) is 12.2. The number of aromatic nitrogens is 2. The maximum Gasteiger partial charge on any atom is 0.274 e. The van der Waals surface area contributed by atoms with Crippen LogP contribution in [0.15, 0.2) is 48.7 Å². The van der Waals surface area contributed by atoms with Crippen LogP contribution in [-0.4, -0.2) is 51.9 Å². The van der Waals surface area contributed by atoms with Gasteiger partial charge in [-0.05, 0) is 24.3 Å². The first-order valence-electron chi connectivity index (χ1n) is 8.78. The molecule has 0 N–H and O–H groups in total. The number of nitrogens with zero attached hydrogens (tertiary/aromatic N) is 4. The van der Waals surface area contributed by atoms with Crippen molar-refractivity contribution in [1.82, 2.24) is 19.8 Å². The molecule has 3 aromatic rings. The Morgan fingerprint density at radius 3 is 2.52 bits per heavy atom. The van der Waals surface area contributed by atoms with E-state index >= 15 is 0 Å². The molecule has 1 aromatic heterocycles. The van der Waals surface area contributed by atoms with E-state index in [0.29, 0.717) is 54.5 Å². The molecule has 1 saturated heterocycles. The lowest BCUT2D eigenvalue weighted by Gasteiger charge is -2.34. The second-order valence-corrected chi connectivity index (χ2v) is 6.92. The molecule has 138 valence electrons. The normalized spacial score (nSPS) is 15.3. The van der Waals surface area contributed by atoms with Gasteiger partial charge in [-0.3, -0.25) is 14.7 Å². The summed E-state index contributed by atoms with van der Waals surface area (Å²) in [7, 11) is 0. The van der Waals surface area contributed by atoms with E-state index < -0.39 is 0 Å². The van der Waals surface area contributed by atoms with Crippen molar-refractivity contribution in [3.8, 4) is 0 Å². The average Bonchev–Trinajstić information content (AvgIpc) is 2.70. The van der Waals surface area contributed by atoms with E-state index in [0.717, 1.165) is 5.52 Å². The van der Waals surface area contributed by atoms with Crippen LogP contribution < -0.4 is 0 Å². The van der Waals surface area contributed by atoms with E-state index in [1.54, 1.807) is 17.0 Å². The van der Waals surface area contributed by atoms with Crippen LogP contribution in [0.4, 0.5) is 4.39 Å². The topological polar surface area (TPSA) is 49.3 Å². The van der Waals surface area contributed by atoms with Crippen LogP contribution in [0.1, 0.15) is 16.1 Å². The highest BCUT2D eigenvalue weighted by atomic mass is 35.5. The molecular weight excluding hydrogens is 367 g/mol. The van der Waals surface area contributed by atoms with Crippen LogP contribution in [0.2, 0.25) is 5.02 Å². The Labute approximate surface area is 161 Å². The Balaban J connectivity index is 1.41. The second kappa shape index (κ2) is 7.58. The van der Waals surface area contributed by atoms with Crippen molar-refractivity contribution in [3.05, 3.63) is 70.8 Å². The number of halogens is 2. The zero-order valence-electron chi connectivity index (χ0n) is 14.6. The van der Waals surface area contributed by atoms with Gasteiger partial charge in [0.1, 0.15) is 11.5 Å². The van der Waals surface area contributed by atoms with Crippen molar-refractivity contribution in [2.45, 2.75) is 6.54 Å².